The van der Waals surface area contributed by atoms with Crippen LogP contribution in [0.25, 0.3) is 0 Å². The number of carbonyl (C=O) groups is 1. The number of aromatic nitrogens is 1. The van der Waals surface area contributed by atoms with E-state index in [-0.39, 0.29) is 12.1 Å². The first-order valence-corrected chi connectivity index (χ1v) is 5.86. The van der Waals surface area contributed by atoms with Crippen LogP contribution in [0.15, 0.2) is 18.3 Å². The first kappa shape index (κ1) is 11.9. The number of nitrogens with zero attached hydrogens (tertiary/aromatic N) is 1. The standard InChI is InChI=1S/C12H17N3O2/c13-11(17)10-5-2-6-14-12(10)15-8-3-1-4-9(16)7-8/h2,5-6,8-9,16H,1,3-4,7H2,(H2,13,17)(H,14,15)/t8-,9+/m0/s1. The summed E-state index contributed by atoms with van der Waals surface area (Å²) in [6.07, 6.45) is 4.86. The third-order valence-electron chi connectivity index (χ3n) is 3.06. The Balaban J connectivity index is 2.10. The summed E-state index contributed by atoms with van der Waals surface area (Å²) in [5.74, 6) is 0.0241. The van der Waals surface area contributed by atoms with Gasteiger partial charge in [-0.05, 0) is 37.8 Å². The second-order valence-corrected chi connectivity index (χ2v) is 4.43. The number of pyridine rings is 1. The predicted molar refractivity (Wildman–Crippen MR) is 64.6 cm³/mol. The molecule has 4 N–H and O–H groups in total. The molecule has 1 saturated carbocycles. The van der Waals surface area contributed by atoms with E-state index in [9.17, 15) is 9.90 Å². The maximum absolute atomic E-state index is 11.2. The number of aliphatic hydroxyl groups is 1. The van der Waals surface area contributed by atoms with Crippen LogP contribution >= 0.6 is 0 Å². The Kier molecular flexibility index (Phi) is 3.58. The molecule has 1 amide bonds. The van der Waals surface area contributed by atoms with Gasteiger partial charge >= 0.3 is 0 Å². The third-order valence-corrected chi connectivity index (χ3v) is 3.06. The molecular formula is C12H17N3O2. The summed E-state index contributed by atoms with van der Waals surface area (Å²) in [5.41, 5.74) is 5.67. The van der Waals surface area contributed by atoms with Gasteiger partial charge in [-0.3, -0.25) is 4.79 Å². The number of carbonyl (C=O) groups excluding carboxylic acids is 1. The number of nitrogens with two attached hydrogens (primary N) is 1. The molecule has 1 fully saturated rings. The molecule has 5 heteroatoms. The quantitative estimate of drug-likeness (QED) is 0.726. The second kappa shape index (κ2) is 5.14. The Labute approximate surface area is 100 Å². The molecule has 0 radical (unpaired) electrons. The lowest BCUT2D eigenvalue weighted by Crippen LogP contribution is -2.31. The van der Waals surface area contributed by atoms with Crippen molar-refractivity contribution in [3.63, 3.8) is 0 Å². The Hall–Kier alpha value is -1.62. The van der Waals surface area contributed by atoms with E-state index >= 15 is 0 Å². The molecule has 2 atom stereocenters. The molecule has 5 nitrogen and oxygen atoms in total. The summed E-state index contributed by atoms with van der Waals surface area (Å²) in [7, 11) is 0. The summed E-state index contributed by atoms with van der Waals surface area (Å²) in [6, 6.07) is 3.49. The van der Waals surface area contributed by atoms with Crippen LogP contribution in [-0.4, -0.2) is 28.1 Å². The summed E-state index contributed by atoms with van der Waals surface area (Å²) in [5, 5.41) is 12.8. The molecule has 0 aromatic carbocycles. The van der Waals surface area contributed by atoms with Crippen LogP contribution in [0.4, 0.5) is 5.82 Å². The van der Waals surface area contributed by atoms with Crippen LogP contribution in [0.5, 0.6) is 0 Å². The van der Waals surface area contributed by atoms with E-state index < -0.39 is 5.91 Å². The number of anilines is 1. The molecule has 0 aliphatic heterocycles. The van der Waals surface area contributed by atoms with Crippen molar-refractivity contribution >= 4 is 11.7 Å². The summed E-state index contributed by atoms with van der Waals surface area (Å²) in [4.78, 5) is 15.3. The van der Waals surface area contributed by atoms with Crippen LogP contribution in [0.3, 0.4) is 0 Å². The SMILES string of the molecule is NC(=O)c1cccnc1N[C@H]1CCC[C@@H](O)C1. The van der Waals surface area contributed by atoms with Gasteiger partial charge in [-0.15, -0.1) is 0 Å². The highest BCUT2D eigenvalue weighted by Crippen LogP contribution is 2.22. The number of hydrogen-bond acceptors (Lipinski definition) is 4. The normalized spacial score (nSPS) is 24.3. The molecule has 92 valence electrons. The Morgan fingerprint density at radius 2 is 2.35 bits per heavy atom. The number of amides is 1. The highest BCUT2D eigenvalue weighted by molar-refractivity contribution is 5.97. The largest absolute Gasteiger partial charge is 0.393 e. The molecular weight excluding hydrogens is 218 g/mol. The molecule has 1 aromatic rings. The molecule has 1 heterocycles. The number of aliphatic hydroxyl groups excluding tert-OH is 1. The molecule has 0 saturated heterocycles. The van der Waals surface area contributed by atoms with Crippen molar-refractivity contribution in [3.05, 3.63) is 23.9 Å². The van der Waals surface area contributed by atoms with Crippen molar-refractivity contribution in [2.24, 2.45) is 5.73 Å². The van der Waals surface area contributed by atoms with Crippen LogP contribution in [0.1, 0.15) is 36.0 Å². The predicted octanol–water partition coefficient (Wildman–Crippen LogP) is 0.896. The molecule has 0 unspecified atom stereocenters. The van der Waals surface area contributed by atoms with Crippen molar-refractivity contribution < 1.29 is 9.90 Å². The Bertz CT molecular complexity index is 408. The van der Waals surface area contributed by atoms with Crippen molar-refractivity contribution in [1.82, 2.24) is 4.98 Å². The lowest BCUT2D eigenvalue weighted by molar-refractivity contribution is 0.100. The maximum atomic E-state index is 11.2. The van der Waals surface area contributed by atoms with E-state index in [1.807, 2.05) is 0 Å². The van der Waals surface area contributed by atoms with E-state index in [1.54, 1.807) is 18.3 Å². The summed E-state index contributed by atoms with van der Waals surface area (Å²) >= 11 is 0. The van der Waals surface area contributed by atoms with E-state index in [0.29, 0.717) is 17.8 Å². The fraction of sp³-hybridized carbons (Fsp3) is 0.500. The summed E-state index contributed by atoms with van der Waals surface area (Å²) < 4.78 is 0. The molecule has 17 heavy (non-hydrogen) atoms. The number of primary amides is 1. The van der Waals surface area contributed by atoms with Gasteiger partial charge < -0.3 is 16.2 Å². The molecule has 1 aliphatic rings. The van der Waals surface area contributed by atoms with Crippen molar-refractivity contribution in [3.8, 4) is 0 Å². The van der Waals surface area contributed by atoms with Gasteiger partial charge in [0.15, 0.2) is 0 Å². The van der Waals surface area contributed by atoms with Crippen molar-refractivity contribution in [2.75, 3.05) is 5.32 Å². The van der Waals surface area contributed by atoms with E-state index in [1.165, 1.54) is 0 Å². The Morgan fingerprint density at radius 3 is 3.06 bits per heavy atom. The topological polar surface area (TPSA) is 88.2 Å². The minimum Gasteiger partial charge on any atom is -0.393 e. The van der Waals surface area contributed by atoms with E-state index in [0.717, 1.165) is 19.3 Å². The van der Waals surface area contributed by atoms with Crippen LogP contribution in [-0.2, 0) is 0 Å². The number of hydrogen-bond donors (Lipinski definition) is 3. The minimum atomic E-state index is -0.489. The first-order chi connectivity index (χ1) is 8.16. The monoisotopic (exact) mass is 235 g/mol. The minimum absolute atomic E-state index is 0.159. The van der Waals surface area contributed by atoms with Gasteiger partial charge in [0.05, 0.1) is 11.7 Å². The lowest BCUT2D eigenvalue weighted by Gasteiger charge is -2.27. The highest BCUT2D eigenvalue weighted by atomic mass is 16.3. The fourth-order valence-electron chi connectivity index (χ4n) is 2.21. The van der Waals surface area contributed by atoms with Crippen LogP contribution in [0, 0.1) is 0 Å². The molecule has 1 aliphatic carbocycles. The second-order valence-electron chi connectivity index (χ2n) is 4.43. The van der Waals surface area contributed by atoms with Gasteiger partial charge in [0.25, 0.3) is 5.91 Å². The zero-order chi connectivity index (χ0) is 12.3. The van der Waals surface area contributed by atoms with Crippen molar-refractivity contribution in [1.29, 1.82) is 0 Å². The molecule has 2 rings (SSSR count). The third kappa shape index (κ3) is 2.94. The van der Waals surface area contributed by atoms with Gasteiger partial charge in [-0.1, -0.05) is 0 Å². The van der Waals surface area contributed by atoms with Crippen molar-refractivity contribution in [2.45, 2.75) is 37.8 Å². The number of nitrogens with one attached hydrogen (secondary N) is 1. The van der Waals surface area contributed by atoms with E-state index in [4.69, 9.17) is 5.73 Å². The number of rotatable bonds is 3. The van der Waals surface area contributed by atoms with Crippen LogP contribution in [0.2, 0.25) is 0 Å². The van der Waals surface area contributed by atoms with Gasteiger partial charge in [0.1, 0.15) is 5.82 Å². The smallest absolute Gasteiger partial charge is 0.252 e. The zero-order valence-corrected chi connectivity index (χ0v) is 9.60. The molecule has 1 aromatic heterocycles. The van der Waals surface area contributed by atoms with Crippen LogP contribution < -0.4 is 11.1 Å². The van der Waals surface area contributed by atoms with Gasteiger partial charge in [0.2, 0.25) is 0 Å². The maximum Gasteiger partial charge on any atom is 0.252 e. The lowest BCUT2D eigenvalue weighted by atomic mass is 9.93. The zero-order valence-electron chi connectivity index (χ0n) is 9.60. The average molecular weight is 235 g/mol. The average Bonchev–Trinajstić information content (AvgIpc) is 2.29. The van der Waals surface area contributed by atoms with Gasteiger partial charge in [-0.25, -0.2) is 4.98 Å². The van der Waals surface area contributed by atoms with Gasteiger partial charge in [-0.2, -0.15) is 0 Å². The molecule has 0 spiro atoms. The van der Waals surface area contributed by atoms with E-state index in [2.05, 4.69) is 10.3 Å². The Morgan fingerprint density at radius 1 is 1.53 bits per heavy atom. The summed E-state index contributed by atoms with van der Waals surface area (Å²) in [6.45, 7) is 0. The molecule has 0 bridgehead atoms. The highest BCUT2D eigenvalue weighted by Gasteiger charge is 2.21. The van der Waals surface area contributed by atoms with Gasteiger partial charge in [0, 0.05) is 12.2 Å². The fourth-order valence-corrected chi connectivity index (χ4v) is 2.21. The first-order valence-electron chi connectivity index (χ1n) is 5.86.